The third kappa shape index (κ3) is 14.9. The monoisotopic (exact) mass is 310 g/mol. The highest BCUT2D eigenvalue weighted by Crippen LogP contribution is 2.34. The molecule has 0 radical (unpaired) electrons. The minimum Gasteiger partial charge on any atom is -0.0651 e. The molecule has 0 aromatic carbocycles. The summed E-state index contributed by atoms with van der Waals surface area (Å²) in [4.78, 5) is 0. The largest absolute Gasteiger partial charge is 0.0651 e. The summed E-state index contributed by atoms with van der Waals surface area (Å²) >= 11 is 0. The topological polar surface area (TPSA) is 0 Å². The molecule has 134 valence electrons. The van der Waals surface area contributed by atoms with Gasteiger partial charge in [-0.15, -0.1) is 0 Å². The lowest BCUT2D eigenvalue weighted by Gasteiger charge is -2.17. The normalized spacial score (nSPS) is 19.4. The lowest BCUT2D eigenvalue weighted by atomic mass is 9.89. The average Bonchev–Trinajstić information content (AvgIpc) is 3.25. The Labute approximate surface area is 142 Å². The zero-order valence-electron chi connectivity index (χ0n) is 17.0. The van der Waals surface area contributed by atoms with Crippen molar-refractivity contribution in [2.45, 2.75) is 113 Å². The molecule has 0 heteroatoms. The van der Waals surface area contributed by atoms with Gasteiger partial charge in [0.15, 0.2) is 0 Å². The fraction of sp³-hybridized carbons (Fsp3) is 1.00. The van der Waals surface area contributed by atoms with Crippen LogP contribution in [0.25, 0.3) is 0 Å². The molecule has 0 bridgehead atoms. The molecular weight excluding hydrogens is 264 g/mol. The van der Waals surface area contributed by atoms with E-state index >= 15 is 0 Å². The zero-order chi connectivity index (χ0) is 17.0. The van der Waals surface area contributed by atoms with Crippen LogP contribution >= 0.6 is 0 Å². The van der Waals surface area contributed by atoms with Gasteiger partial charge in [0.1, 0.15) is 0 Å². The molecule has 2 aliphatic carbocycles. The molecule has 0 aliphatic heterocycles. The summed E-state index contributed by atoms with van der Waals surface area (Å²) in [6.07, 6.45) is 14.8. The van der Waals surface area contributed by atoms with Crippen molar-refractivity contribution in [3.05, 3.63) is 0 Å². The Morgan fingerprint density at radius 1 is 0.682 bits per heavy atom. The first-order valence-electron chi connectivity index (χ1n) is 10.4. The Hall–Kier alpha value is 0. The van der Waals surface area contributed by atoms with Crippen molar-refractivity contribution in [1.82, 2.24) is 0 Å². The lowest BCUT2D eigenvalue weighted by molar-refractivity contribution is 0.342. The highest BCUT2D eigenvalue weighted by Gasteiger charge is 2.21. The van der Waals surface area contributed by atoms with Gasteiger partial charge < -0.3 is 0 Å². The van der Waals surface area contributed by atoms with E-state index in [1.54, 1.807) is 0 Å². The summed E-state index contributed by atoms with van der Waals surface area (Å²) in [5, 5.41) is 0. The van der Waals surface area contributed by atoms with E-state index in [1.165, 1.54) is 64.2 Å². The summed E-state index contributed by atoms with van der Waals surface area (Å²) in [6, 6.07) is 0. The van der Waals surface area contributed by atoms with Crippen LogP contribution in [0.5, 0.6) is 0 Å². The first kappa shape index (κ1) is 22.0. The van der Waals surface area contributed by atoms with Crippen molar-refractivity contribution in [1.29, 1.82) is 0 Å². The summed E-state index contributed by atoms with van der Waals surface area (Å²) in [7, 11) is 0. The second-order valence-corrected chi connectivity index (χ2v) is 8.87. The van der Waals surface area contributed by atoms with E-state index in [-0.39, 0.29) is 0 Å². The summed E-state index contributed by atoms with van der Waals surface area (Å²) in [6.45, 7) is 16.0. The molecule has 0 saturated heterocycles. The maximum atomic E-state index is 2.37. The average molecular weight is 311 g/mol. The maximum absolute atomic E-state index is 2.37. The van der Waals surface area contributed by atoms with Gasteiger partial charge in [0.2, 0.25) is 0 Å². The molecule has 0 aromatic heterocycles. The SMILES string of the molecule is CC(C)C1CCCCCC1.CC(C)CC1CC1.CCC(C)C. The second-order valence-electron chi connectivity index (χ2n) is 8.87. The van der Waals surface area contributed by atoms with Gasteiger partial charge in [0, 0.05) is 0 Å². The van der Waals surface area contributed by atoms with E-state index in [2.05, 4.69) is 48.5 Å². The fourth-order valence-electron chi connectivity index (χ4n) is 3.00. The standard InChI is InChI=1S/C10H20.C7H14.C5H12/c1-9(2)10-7-5-3-4-6-8-10;1-6(2)5-7-3-4-7;1-4-5(2)3/h9-10H,3-8H2,1-2H3;6-7H,3-5H2,1-2H3;5H,4H2,1-3H3. The smallest absolute Gasteiger partial charge is 0.0391 e. The Balaban J connectivity index is 0.000000322. The van der Waals surface area contributed by atoms with E-state index in [0.717, 1.165) is 29.6 Å². The fourth-order valence-corrected chi connectivity index (χ4v) is 3.00. The molecule has 0 spiro atoms. The third-order valence-electron chi connectivity index (χ3n) is 5.16. The van der Waals surface area contributed by atoms with Gasteiger partial charge in [0.05, 0.1) is 0 Å². The highest BCUT2D eigenvalue weighted by molar-refractivity contribution is 4.73. The van der Waals surface area contributed by atoms with E-state index in [9.17, 15) is 0 Å². The number of rotatable bonds is 4. The van der Waals surface area contributed by atoms with Crippen molar-refractivity contribution in [3.8, 4) is 0 Å². The molecule has 2 fully saturated rings. The number of hydrogen-bond donors (Lipinski definition) is 0. The van der Waals surface area contributed by atoms with Crippen LogP contribution in [-0.4, -0.2) is 0 Å². The minimum absolute atomic E-state index is 0.884. The first-order chi connectivity index (χ1) is 10.4. The van der Waals surface area contributed by atoms with Gasteiger partial charge in [-0.1, -0.05) is 106 Å². The van der Waals surface area contributed by atoms with Crippen LogP contribution in [0.3, 0.4) is 0 Å². The number of hydrogen-bond acceptors (Lipinski definition) is 0. The van der Waals surface area contributed by atoms with Crippen molar-refractivity contribution >= 4 is 0 Å². The Morgan fingerprint density at radius 2 is 1.14 bits per heavy atom. The minimum atomic E-state index is 0.884. The van der Waals surface area contributed by atoms with E-state index in [4.69, 9.17) is 0 Å². The van der Waals surface area contributed by atoms with E-state index < -0.39 is 0 Å². The molecule has 2 aliphatic rings. The molecule has 0 unspecified atom stereocenters. The van der Waals surface area contributed by atoms with Gasteiger partial charge in [-0.2, -0.15) is 0 Å². The van der Waals surface area contributed by atoms with Gasteiger partial charge in [-0.05, 0) is 36.0 Å². The van der Waals surface area contributed by atoms with Crippen LogP contribution in [-0.2, 0) is 0 Å². The molecule has 0 nitrogen and oxygen atoms in total. The molecule has 0 heterocycles. The Morgan fingerprint density at radius 3 is 1.36 bits per heavy atom. The van der Waals surface area contributed by atoms with Crippen LogP contribution in [0.15, 0.2) is 0 Å². The first-order valence-corrected chi connectivity index (χ1v) is 10.4. The Bertz CT molecular complexity index is 214. The zero-order valence-corrected chi connectivity index (χ0v) is 17.0. The lowest BCUT2D eigenvalue weighted by Crippen LogP contribution is -2.06. The summed E-state index contributed by atoms with van der Waals surface area (Å²) in [5.74, 6) is 4.92. The summed E-state index contributed by atoms with van der Waals surface area (Å²) < 4.78 is 0. The van der Waals surface area contributed by atoms with Crippen molar-refractivity contribution in [2.75, 3.05) is 0 Å². The molecule has 22 heavy (non-hydrogen) atoms. The van der Waals surface area contributed by atoms with Gasteiger partial charge in [-0.25, -0.2) is 0 Å². The van der Waals surface area contributed by atoms with E-state index in [0.29, 0.717) is 0 Å². The predicted molar refractivity (Wildman–Crippen MR) is 103 cm³/mol. The highest BCUT2D eigenvalue weighted by atomic mass is 14.3. The van der Waals surface area contributed by atoms with Crippen molar-refractivity contribution in [2.24, 2.45) is 29.6 Å². The van der Waals surface area contributed by atoms with Crippen molar-refractivity contribution in [3.63, 3.8) is 0 Å². The van der Waals surface area contributed by atoms with Crippen LogP contribution in [0.2, 0.25) is 0 Å². The molecule has 2 rings (SSSR count). The predicted octanol–water partition coefficient (Wildman–Crippen LogP) is 8.11. The van der Waals surface area contributed by atoms with Gasteiger partial charge >= 0.3 is 0 Å². The molecule has 0 N–H and O–H groups in total. The van der Waals surface area contributed by atoms with Crippen LogP contribution in [0.4, 0.5) is 0 Å². The molecule has 0 amide bonds. The molecule has 0 aromatic rings. The van der Waals surface area contributed by atoms with Crippen molar-refractivity contribution < 1.29 is 0 Å². The van der Waals surface area contributed by atoms with Gasteiger partial charge in [0.25, 0.3) is 0 Å². The molecule has 2 saturated carbocycles. The van der Waals surface area contributed by atoms with Crippen LogP contribution in [0, 0.1) is 29.6 Å². The quantitative estimate of drug-likeness (QED) is 0.460. The Kier molecular flexibility index (Phi) is 13.4. The third-order valence-corrected chi connectivity index (χ3v) is 5.16. The van der Waals surface area contributed by atoms with Crippen LogP contribution < -0.4 is 0 Å². The van der Waals surface area contributed by atoms with Crippen LogP contribution in [0.1, 0.15) is 113 Å². The van der Waals surface area contributed by atoms with Gasteiger partial charge in [-0.3, -0.25) is 0 Å². The maximum Gasteiger partial charge on any atom is -0.0391 e. The second kappa shape index (κ2) is 13.4. The summed E-state index contributed by atoms with van der Waals surface area (Å²) in [5.41, 5.74) is 0. The molecular formula is C22H46. The van der Waals surface area contributed by atoms with E-state index in [1.807, 2.05) is 0 Å². The molecule has 0 atom stereocenters.